The van der Waals surface area contributed by atoms with Crippen LogP contribution in [-0.2, 0) is 16.1 Å². The highest BCUT2D eigenvalue weighted by Crippen LogP contribution is 2.21. The van der Waals surface area contributed by atoms with Gasteiger partial charge >= 0.3 is 5.97 Å². The fourth-order valence-corrected chi connectivity index (χ4v) is 2.04. The number of carboxylic acid groups (broad SMARTS) is 1. The monoisotopic (exact) mass is 241 g/mol. The van der Waals surface area contributed by atoms with E-state index in [-0.39, 0.29) is 12.6 Å². The van der Waals surface area contributed by atoms with Gasteiger partial charge in [0.2, 0.25) is 5.89 Å². The Kier molecular flexibility index (Phi) is 3.70. The molecule has 2 rings (SSSR count). The van der Waals surface area contributed by atoms with Crippen LogP contribution in [0.25, 0.3) is 0 Å². The minimum Gasteiger partial charge on any atom is -0.481 e. The van der Waals surface area contributed by atoms with E-state index >= 15 is 0 Å². The van der Waals surface area contributed by atoms with Crippen molar-refractivity contribution in [1.82, 2.24) is 15.0 Å². The molecule has 1 saturated heterocycles. The van der Waals surface area contributed by atoms with Crippen LogP contribution >= 0.6 is 0 Å². The largest absolute Gasteiger partial charge is 0.481 e. The Morgan fingerprint density at radius 3 is 3.06 bits per heavy atom. The molecule has 0 radical (unpaired) electrons. The van der Waals surface area contributed by atoms with Crippen molar-refractivity contribution in [3.8, 4) is 0 Å². The Balaban J connectivity index is 2.04. The van der Waals surface area contributed by atoms with E-state index in [4.69, 9.17) is 14.4 Å². The average Bonchev–Trinajstić information content (AvgIpc) is 2.96. The molecule has 0 amide bonds. The normalized spacial score (nSPS) is 24.4. The zero-order valence-electron chi connectivity index (χ0n) is 9.57. The van der Waals surface area contributed by atoms with Crippen LogP contribution in [0.3, 0.4) is 0 Å². The Labute approximate surface area is 98.4 Å². The highest BCUT2D eigenvalue weighted by molar-refractivity contribution is 5.71. The van der Waals surface area contributed by atoms with Crippen molar-refractivity contribution in [2.75, 3.05) is 19.8 Å². The maximum Gasteiger partial charge on any atom is 0.310 e. The molecule has 1 aliphatic heterocycles. The molecule has 17 heavy (non-hydrogen) atoms. The number of hydrogen-bond donors (Lipinski definition) is 1. The maximum atomic E-state index is 11.1. The van der Waals surface area contributed by atoms with Crippen LogP contribution in [0.5, 0.6) is 0 Å². The lowest BCUT2D eigenvalue weighted by atomic mass is 10.0. The first-order chi connectivity index (χ1) is 8.22. The molecule has 0 aliphatic carbocycles. The standard InChI is InChI=1S/C10H15N3O4/c1-2-13(3-9-11-6-12-17-9)8-5-16-4-7(8)10(14)15/h6-8H,2-5H2,1H3,(H,14,15). The van der Waals surface area contributed by atoms with E-state index in [2.05, 4.69) is 10.1 Å². The number of carboxylic acids is 1. The zero-order chi connectivity index (χ0) is 12.3. The number of ether oxygens (including phenoxy) is 1. The Morgan fingerprint density at radius 2 is 2.47 bits per heavy atom. The van der Waals surface area contributed by atoms with Gasteiger partial charge in [-0.1, -0.05) is 12.1 Å². The molecule has 7 nitrogen and oxygen atoms in total. The van der Waals surface area contributed by atoms with E-state index in [1.165, 1.54) is 6.33 Å². The summed E-state index contributed by atoms with van der Waals surface area (Å²) in [5, 5.41) is 12.6. The number of likely N-dealkylation sites (N-methyl/N-ethyl adjacent to an activating group) is 1. The highest BCUT2D eigenvalue weighted by atomic mass is 16.5. The lowest BCUT2D eigenvalue weighted by Gasteiger charge is -2.27. The SMILES string of the molecule is CCN(Cc1ncno1)C1COCC1C(=O)O. The first-order valence-corrected chi connectivity index (χ1v) is 5.52. The Morgan fingerprint density at radius 1 is 1.65 bits per heavy atom. The lowest BCUT2D eigenvalue weighted by Crippen LogP contribution is -2.42. The molecule has 7 heteroatoms. The van der Waals surface area contributed by atoms with Crippen LogP contribution in [0.2, 0.25) is 0 Å². The summed E-state index contributed by atoms with van der Waals surface area (Å²) in [7, 11) is 0. The topological polar surface area (TPSA) is 88.7 Å². The smallest absolute Gasteiger partial charge is 0.310 e. The predicted octanol–water partition coefficient (Wildman–Crippen LogP) is -0.00890. The van der Waals surface area contributed by atoms with Gasteiger partial charge in [0.05, 0.1) is 25.7 Å². The van der Waals surface area contributed by atoms with E-state index < -0.39 is 11.9 Å². The summed E-state index contributed by atoms with van der Waals surface area (Å²) in [4.78, 5) is 17.0. The lowest BCUT2D eigenvalue weighted by molar-refractivity contribution is -0.143. The molecular formula is C10H15N3O4. The molecular weight excluding hydrogens is 226 g/mol. The third-order valence-electron chi connectivity index (χ3n) is 2.99. The van der Waals surface area contributed by atoms with Gasteiger partial charge in [-0.25, -0.2) is 0 Å². The maximum absolute atomic E-state index is 11.1. The number of carbonyl (C=O) groups is 1. The number of aromatic nitrogens is 2. The van der Waals surface area contributed by atoms with Gasteiger partial charge in [0.15, 0.2) is 6.33 Å². The van der Waals surface area contributed by atoms with Gasteiger partial charge < -0.3 is 14.4 Å². The van der Waals surface area contributed by atoms with Crippen LogP contribution in [-0.4, -0.2) is 51.9 Å². The molecule has 1 fully saturated rings. The molecule has 1 aromatic heterocycles. The summed E-state index contributed by atoms with van der Waals surface area (Å²) in [6.07, 6.45) is 1.34. The molecule has 2 heterocycles. The quantitative estimate of drug-likeness (QED) is 0.775. The van der Waals surface area contributed by atoms with Gasteiger partial charge in [0, 0.05) is 6.04 Å². The molecule has 2 atom stereocenters. The van der Waals surface area contributed by atoms with E-state index in [9.17, 15) is 4.79 Å². The molecule has 0 saturated carbocycles. The molecule has 2 unspecified atom stereocenters. The second-order valence-corrected chi connectivity index (χ2v) is 3.95. The minimum atomic E-state index is -0.823. The minimum absolute atomic E-state index is 0.135. The summed E-state index contributed by atoms with van der Waals surface area (Å²) in [6, 6.07) is -0.135. The summed E-state index contributed by atoms with van der Waals surface area (Å²) >= 11 is 0. The second-order valence-electron chi connectivity index (χ2n) is 3.95. The third-order valence-corrected chi connectivity index (χ3v) is 2.99. The molecule has 1 aromatic rings. The van der Waals surface area contributed by atoms with Gasteiger partial charge in [0.1, 0.15) is 0 Å². The first kappa shape index (κ1) is 12.0. The Hall–Kier alpha value is -1.47. The fourth-order valence-electron chi connectivity index (χ4n) is 2.04. The van der Waals surface area contributed by atoms with Gasteiger partial charge in [-0.05, 0) is 6.54 Å². The van der Waals surface area contributed by atoms with Crippen molar-refractivity contribution in [3.05, 3.63) is 12.2 Å². The van der Waals surface area contributed by atoms with Crippen molar-refractivity contribution in [2.24, 2.45) is 5.92 Å². The fraction of sp³-hybridized carbons (Fsp3) is 0.700. The molecule has 1 aliphatic rings. The van der Waals surface area contributed by atoms with Crippen molar-refractivity contribution < 1.29 is 19.2 Å². The molecule has 1 N–H and O–H groups in total. The summed E-state index contributed by atoms with van der Waals surface area (Å²) < 4.78 is 10.2. The van der Waals surface area contributed by atoms with Crippen molar-refractivity contribution in [2.45, 2.75) is 19.5 Å². The zero-order valence-corrected chi connectivity index (χ0v) is 9.57. The van der Waals surface area contributed by atoms with Crippen molar-refractivity contribution >= 4 is 5.97 Å². The van der Waals surface area contributed by atoms with Crippen molar-refractivity contribution in [1.29, 1.82) is 0 Å². The molecule has 94 valence electrons. The first-order valence-electron chi connectivity index (χ1n) is 5.52. The molecule has 0 spiro atoms. The van der Waals surface area contributed by atoms with Crippen molar-refractivity contribution in [3.63, 3.8) is 0 Å². The Bertz CT molecular complexity index is 368. The number of hydrogen-bond acceptors (Lipinski definition) is 6. The molecule has 0 aromatic carbocycles. The number of aliphatic carboxylic acids is 1. The van der Waals surface area contributed by atoms with Crippen LogP contribution in [0.4, 0.5) is 0 Å². The average molecular weight is 241 g/mol. The third kappa shape index (κ3) is 2.62. The summed E-state index contributed by atoms with van der Waals surface area (Å²) in [6.45, 7) is 3.82. The van der Waals surface area contributed by atoms with Crippen LogP contribution in [0.1, 0.15) is 12.8 Å². The van der Waals surface area contributed by atoms with E-state index in [1.54, 1.807) is 0 Å². The highest BCUT2D eigenvalue weighted by Gasteiger charge is 2.37. The van der Waals surface area contributed by atoms with Crippen LogP contribution in [0, 0.1) is 5.92 Å². The van der Waals surface area contributed by atoms with Gasteiger partial charge in [0.25, 0.3) is 0 Å². The van der Waals surface area contributed by atoms with E-state index in [0.29, 0.717) is 25.6 Å². The van der Waals surface area contributed by atoms with Gasteiger partial charge in [-0.15, -0.1) is 0 Å². The van der Waals surface area contributed by atoms with Gasteiger partial charge in [-0.2, -0.15) is 4.98 Å². The molecule has 0 bridgehead atoms. The summed E-state index contributed by atoms with van der Waals surface area (Å²) in [5.74, 6) is -0.822. The van der Waals surface area contributed by atoms with E-state index in [0.717, 1.165) is 0 Å². The summed E-state index contributed by atoms with van der Waals surface area (Å²) in [5.41, 5.74) is 0. The van der Waals surface area contributed by atoms with E-state index in [1.807, 2.05) is 11.8 Å². The predicted molar refractivity (Wildman–Crippen MR) is 56.1 cm³/mol. The number of nitrogens with zero attached hydrogens (tertiary/aromatic N) is 3. The second kappa shape index (κ2) is 5.24. The van der Waals surface area contributed by atoms with Gasteiger partial charge in [-0.3, -0.25) is 9.69 Å². The van der Waals surface area contributed by atoms with Crippen LogP contribution < -0.4 is 0 Å². The van der Waals surface area contributed by atoms with Crippen LogP contribution in [0.15, 0.2) is 10.9 Å². The number of rotatable bonds is 5.